The normalized spacial score (nSPS) is 12.7. The van der Waals surface area contributed by atoms with Crippen LogP contribution in [0.2, 0.25) is 0 Å². The highest BCUT2D eigenvalue weighted by molar-refractivity contribution is 9.10. The van der Waals surface area contributed by atoms with Crippen molar-refractivity contribution in [2.24, 2.45) is 0 Å². The van der Waals surface area contributed by atoms with Gasteiger partial charge in [0.05, 0.1) is 12.3 Å². The Balaban J connectivity index is 1.93. The average molecular weight is 363 g/mol. The van der Waals surface area contributed by atoms with Gasteiger partial charge in [-0.25, -0.2) is 0 Å². The number of carbonyl (C=O) groups excluding carboxylic acids is 1. The van der Waals surface area contributed by atoms with Crippen LogP contribution in [0.1, 0.15) is 17.4 Å². The van der Waals surface area contributed by atoms with Crippen LogP contribution in [0.15, 0.2) is 57.6 Å². The maximum Gasteiger partial charge on any atom is 0.244 e. The quantitative estimate of drug-likeness (QED) is 0.800. The molecule has 0 aliphatic carbocycles. The van der Waals surface area contributed by atoms with Crippen LogP contribution in [0.4, 0.5) is 0 Å². The van der Waals surface area contributed by atoms with Gasteiger partial charge in [-0.2, -0.15) is 0 Å². The van der Waals surface area contributed by atoms with Gasteiger partial charge >= 0.3 is 0 Å². The molecule has 0 aliphatic rings. The number of benzene rings is 1. The Hall–Kier alpha value is -1.85. The molecule has 0 fully saturated rings. The molecule has 5 heteroatoms. The molecule has 0 bridgehead atoms. The number of hydrogen-bond donors (Lipinski definition) is 1. The number of rotatable bonds is 6. The third kappa shape index (κ3) is 4.58. The van der Waals surface area contributed by atoms with Crippen LogP contribution in [-0.2, 0) is 4.79 Å². The number of hydrogen-bond acceptors (Lipinski definition) is 3. The lowest BCUT2D eigenvalue weighted by molar-refractivity contribution is -0.116. The maximum atomic E-state index is 12.0. The molecule has 2 aromatic rings. The Morgan fingerprint density at radius 1 is 1.32 bits per heavy atom. The van der Waals surface area contributed by atoms with E-state index in [0.29, 0.717) is 6.54 Å². The summed E-state index contributed by atoms with van der Waals surface area (Å²) < 4.78 is 6.38. The molecular formula is C17H19BrN2O2. The van der Waals surface area contributed by atoms with Gasteiger partial charge in [0, 0.05) is 17.1 Å². The summed E-state index contributed by atoms with van der Waals surface area (Å²) in [5, 5.41) is 2.90. The fraction of sp³-hybridized carbons (Fsp3) is 0.235. The second kappa shape index (κ2) is 7.96. The zero-order valence-electron chi connectivity index (χ0n) is 12.6. The predicted molar refractivity (Wildman–Crippen MR) is 91.3 cm³/mol. The first kappa shape index (κ1) is 16.5. The molecule has 1 atom stereocenters. The van der Waals surface area contributed by atoms with Gasteiger partial charge in [-0.05, 0) is 43.9 Å². The molecule has 116 valence electrons. The van der Waals surface area contributed by atoms with Crippen molar-refractivity contribution in [3.8, 4) is 0 Å². The number of halogens is 1. The molecule has 0 radical (unpaired) electrons. The second-order valence-corrected chi connectivity index (χ2v) is 5.95. The minimum atomic E-state index is -0.130. The van der Waals surface area contributed by atoms with Gasteiger partial charge in [0.1, 0.15) is 5.76 Å². The van der Waals surface area contributed by atoms with Crippen molar-refractivity contribution >= 4 is 27.9 Å². The van der Waals surface area contributed by atoms with E-state index < -0.39 is 0 Å². The van der Waals surface area contributed by atoms with Crippen LogP contribution in [0.3, 0.4) is 0 Å². The van der Waals surface area contributed by atoms with Crippen molar-refractivity contribution in [2.45, 2.75) is 6.04 Å². The third-order valence-electron chi connectivity index (χ3n) is 3.28. The van der Waals surface area contributed by atoms with Crippen LogP contribution >= 0.6 is 15.9 Å². The number of nitrogens with one attached hydrogen (secondary N) is 1. The molecule has 1 aromatic carbocycles. The lowest BCUT2D eigenvalue weighted by Crippen LogP contribution is -2.33. The summed E-state index contributed by atoms with van der Waals surface area (Å²) in [6.45, 7) is 0.486. The standard InChI is InChI=1S/C17H19BrN2O2/c1-20(2)15(16-8-5-11-22-16)12-19-17(21)10-9-13-6-3-4-7-14(13)18/h3-11,15H,12H2,1-2H3,(H,19,21)/b10-9+. The van der Waals surface area contributed by atoms with Crippen molar-refractivity contribution in [3.05, 3.63) is 64.5 Å². The van der Waals surface area contributed by atoms with Crippen LogP contribution in [0.5, 0.6) is 0 Å². The van der Waals surface area contributed by atoms with E-state index >= 15 is 0 Å². The topological polar surface area (TPSA) is 45.5 Å². The maximum absolute atomic E-state index is 12.0. The largest absolute Gasteiger partial charge is 0.468 e. The number of amides is 1. The summed E-state index contributed by atoms with van der Waals surface area (Å²) in [5.41, 5.74) is 0.966. The molecule has 0 saturated heterocycles. The first-order chi connectivity index (χ1) is 10.6. The first-order valence-electron chi connectivity index (χ1n) is 6.98. The van der Waals surface area contributed by atoms with E-state index in [2.05, 4.69) is 21.2 Å². The molecule has 1 N–H and O–H groups in total. The van der Waals surface area contributed by atoms with Crippen LogP contribution in [0.25, 0.3) is 6.08 Å². The zero-order chi connectivity index (χ0) is 15.9. The number of likely N-dealkylation sites (N-methyl/N-ethyl adjacent to an activating group) is 1. The molecule has 1 aromatic heterocycles. The van der Waals surface area contributed by atoms with Crippen molar-refractivity contribution < 1.29 is 9.21 Å². The van der Waals surface area contributed by atoms with Crippen molar-refractivity contribution in [2.75, 3.05) is 20.6 Å². The van der Waals surface area contributed by atoms with E-state index in [-0.39, 0.29) is 11.9 Å². The molecule has 0 aliphatic heterocycles. The summed E-state index contributed by atoms with van der Waals surface area (Å²) in [5.74, 6) is 0.703. The first-order valence-corrected chi connectivity index (χ1v) is 7.77. The SMILES string of the molecule is CN(C)C(CNC(=O)/C=C/c1ccccc1Br)c1ccco1. The number of nitrogens with zero attached hydrogens (tertiary/aromatic N) is 1. The summed E-state index contributed by atoms with van der Waals surface area (Å²) in [4.78, 5) is 14.0. The molecular weight excluding hydrogens is 344 g/mol. The molecule has 4 nitrogen and oxygen atoms in total. The fourth-order valence-corrected chi connectivity index (χ4v) is 2.47. The summed E-state index contributed by atoms with van der Waals surface area (Å²) in [7, 11) is 3.91. The van der Waals surface area contributed by atoms with Gasteiger partial charge in [0.25, 0.3) is 0 Å². The Labute approximate surface area is 138 Å². The molecule has 0 saturated carbocycles. The highest BCUT2D eigenvalue weighted by Crippen LogP contribution is 2.18. The summed E-state index contributed by atoms with van der Waals surface area (Å²) >= 11 is 3.45. The fourth-order valence-electron chi connectivity index (χ4n) is 2.05. The molecule has 1 amide bonds. The van der Waals surface area contributed by atoms with Gasteiger partial charge < -0.3 is 9.73 Å². The molecule has 1 heterocycles. The van der Waals surface area contributed by atoms with Gasteiger partial charge in [-0.3, -0.25) is 9.69 Å². The zero-order valence-corrected chi connectivity index (χ0v) is 14.2. The lowest BCUT2D eigenvalue weighted by Gasteiger charge is -2.22. The molecule has 2 rings (SSSR count). The van der Waals surface area contributed by atoms with Gasteiger partial charge in [-0.1, -0.05) is 34.1 Å². The molecule has 0 spiro atoms. The third-order valence-corrected chi connectivity index (χ3v) is 4.01. The Morgan fingerprint density at radius 3 is 2.73 bits per heavy atom. The van der Waals surface area contributed by atoms with E-state index in [4.69, 9.17) is 4.42 Å². The van der Waals surface area contributed by atoms with E-state index in [1.54, 1.807) is 12.3 Å². The van der Waals surface area contributed by atoms with Crippen molar-refractivity contribution in [1.82, 2.24) is 10.2 Å². The minimum absolute atomic E-state index is 0.0100. The van der Waals surface area contributed by atoms with Crippen molar-refractivity contribution in [1.29, 1.82) is 0 Å². The minimum Gasteiger partial charge on any atom is -0.468 e. The second-order valence-electron chi connectivity index (χ2n) is 5.09. The van der Waals surface area contributed by atoms with Crippen LogP contribution in [0, 0.1) is 0 Å². The van der Waals surface area contributed by atoms with Gasteiger partial charge in [0.15, 0.2) is 0 Å². The summed E-state index contributed by atoms with van der Waals surface area (Å²) in [6.07, 6.45) is 4.96. The summed E-state index contributed by atoms with van der Waals surface area (Å²) in [6, 6.07) is 11.5. The Bertz CT molecular complexity index is 636. The molecule has 1 unspecified atom stereocenters. The Kier molecular flexibility index (Phi) is 5.98. The van der Waals surface area contributed by atoms with E-state index in [1.807, 2.05) is 55.4 Å². The van der Waals surface area contributed by atoms with Crippen molar-refractivity contribution in [3.63, 3.8) is 0 Å². The Morgan fingerprint density at radius 2 is 2.09 bits per heavy atom. The smallest absolute Gasteiger partial charge is 0.244 e. The average Bonchev–Trinajstić information content (AvgIpc) is 3.00. The van der Waals surface area contributed by atoms with E-state index in [0.717, 1.165) is 15.8 Å². The lowest BCUT2D eigenvalue weighted by atomic mass is 10.2. The van der Waals surface area contributed by atoms with Gasteiger partial charge in [-0.15, -0.1) is 0 Å². The van der Waals surface area contributed by atoms with Gasteiger partial charge in [0.2, 0.25) is 5.91 Å². The van der Waals surface area contributed by atoms with E-state index in [1.165, 1.54) is 6.08 Å². The van der Waals surface area contributed by atoms with E-state index in [9.17, 15) is 4.79 Å². The van der Waals surface area contributed by atoms with Crippen LogP contribution in [-0.4, -0.2) is 31.4 Å². The number of carbonyl (C=O) groups is 1. The monoisotopic (exact) mass is 362 g/mol. The predicted octanol–water partition coefficient (Wildman–Crippen LogP) is 3.47. The van der Waals surface area contributed by atoms with Crippen LogP contribution < -0.4 is 5.32 Å². The molecule has 22 heavy (non-hydrogen) atoms. The highest BCUT2D eigenvalue weighted by atomic mass is 79.9. The highest BCUT2D eigenvalue weighted by Gasteiger charge is 2.17. The number of furan rings is 1.